The molecule has 0 aliphatic heterocycles. The van der Waals surface area contributed by atoms with E-state index in [2.05, 4.69) is 46.7 Å². The van der Waals surface area contributed by atoms with Gasteiger partial charge in [0, 0.05) is 48.2 Å². The number of hydrogen-bond donors (Lipinski definition) is 2. The summed E-state index contributed by atoms with van der Waals surface area (Å²) in [6.45, 7) is 5.94. The fraction of sp³-hybridized carbons (Fsp3) is 0.467. The minimum atomic E-state index is 0. The van der Waals surface area contributed by atoms with Crippen LogP contribution in [-0.2, 0) is 13.0 Å². The summed E-state index contributed by atoms with van der Waals surface area (Å²) in [4.78, 5) is 7.02. The van der Waals surface area contributed by atoms with Gasteiger partial charge in [-0.3, -0.25) is 9.67 Å². The Morgan fingerprint density at radius 2 is 2.27 bits per heavy atom. The van der Waals surface area contributed by atoms with Crippen LogP contribution >= 0.6 is 35.3 Å². The van der Waals surface area contributed by atoms with Crippen LogP contribution in [0.25, 0.3) is 0 Å². The molecule has 0 fully saturated rings. The predicted octanol–water partition coefficient (Wildman–Crippen LogP) is 2.67. The fourth-order valence-corrected chi connectivity index (χ4v) is 3.12. The minimum Gasteiger partial charge on any atom is -0.355 e. The van der Waals surface area contributed by atoms with Crippen molar-refractivity contribution >= 4 is 41.3 Å². The average molecular weight is 433 g/mol. The number of nitrogens with one attached hydrogen (secondary N) is 2. The van der Waals surface area contributed by atoms with E-state index < -0.39 is 0 Å². The molecule has 2 aromatic rings. The van der Waals surface area contributed by atoms with E-state index in [-0.39, 0.29) is 24.0 Å². The van der Waals surface area contributed by atoms with Crippen molar-refractivity contribution in [3.8, 4) is 0 Å². The monoisotopic (exact) mass is 433 g/mol. The fourth-order valence-electron chi connectivity index (χ4n) is 2.10. The molecule has 22 heavy (non-hydrogen) atoms. The Morgan fingerprint density at radius 3 is 2.86 bits per heavy atom. The van der Waals surface area contributed by atoms with Gasteiger partial charge in [-0.25, -0.2) is 0 Å². The number of guanidine groups is 1. The highest BCUT2D eigenvalue weighted by atomic mass is 127. The zero-order valence-electron chi connectivity index (χ0n) is 13.2. The van der Waals surface area contributed by atoms with Crippen molar-refractivity contribution in [1.82, 2.24) is 20.4 Å². The molecule has 1 unspecified atom stereocenters. The molecule has 2 aromatic heterocycles. The lowest BCUT2D eigenvalue weighted by Gasteiger charge is -2.17. The number of hydrogen-bond acceptors (Lipinski definition) is 3. The number of rotatable bonds is 6. The summed E-state index contributed by atoms with van der Waals surface area (Å²) in [6.07, 6.45) is 4.76. The van der Waals surface area contributed by atoms with E-state index in [1.54, 1.807) is 13.2 Å². The molecule has 5 nitrogen and oxygen atoms in total. The molecule has 0 spiro atoms. The van der Waals surface area contributed by atoms with E-state index in [0.29, 0.717) is 6.04 Å². The maximum atomic E-state index is 4.26. The van der Waals surface area contributed by atoms with E-state index in [4.69, 9.17) is 0 Å². The van der Waals surface area contributed by atoms with E-state index >= 15 is 0 Å². The molecule has 122 valence electrons. The van der Waals surface area contributed by atoms with Gasteiger partial charge >= 0.3 is 0 Å². The van der Waals surface area contributed by atoms with Crippen LogP contribution in [0.15, 0.2) is 35.6 Å². The molecule has 0 saturated carbocycles. The number of aliphatic imine (C=N–C) groups is 1. The molecule has 7 heteroatoms. The molecule has 0 aliphatic rings. The first-order valence-corrected chi connectivity index (χ1v) is 7.99. The molecule has 2 rings (SSSR count). The summed E-state index contributed by atoms with van der Waals surface area (Å²) in [7, 11) is 1.80. The number of thiophene rings is 1. The van der Waals surface area contributed by atoms with Crippen molar-refractivity contribution < 1.29 is 0 Å². The normalized spacial score (nSPS) is 12.6. The summed E-state index contributed by atoms with van der Waals surface area (Å²) in [5.74, 6) is 0.836. The SMILES string of the molecule is CN=C(NCCn1cccn1)NC(C)Cc1ccc(C)s1.I. The Kier molecular flexibility index (Phi) is 8.47. The van der Waals surface area contributed by atoms with Gasteiger partial charge in [-0.15, -0.1) is 35.3 Å². The molecule has 0 aromatic carbocycles. The second-order valence-corrected chi connectivity index (χ2v) is 6.40. The second-order valence-electron chi connectivity index (χ2n) is 5.03. The number of aromatic nitrogens is 2. The summed E-state index contributed by atoms with van der Waals surface area (Å²) >= 11 is 1.85. The van der Waals surface area contributed by atoms with Crippen LogP contribution in [0.5, 0.6) is 0 Å². The Labute approximate surface area is 153 Å². The van der Waals surface area contributed by atoms with Gasteiger partial charge in [0.2, 0.25) is 0 Å². The van der Waals surface area contributed by atoms with Crippen LogP contribution < -0.4 is 10.6 Å². The number of nitrogens with zero attached hydrogens (tertiary/aromatic N) is 3. The molecule has 0 bridgehead atoms. The van der Waals surface area contributed by atoms with Gasteiger partial charge in [-0.05, 0) is 32.0 Å². The highest BCUT2D eigenvalue weighted by Gasteiger charge is 2.07. The van der Waals surface area contributed by atoms with Gasteiger partial charge in [0.1, 0.15) is 0 Å². The summed E-state index contributed by atoms with van der Waals surface area (Å²) < 4.78 is 1.90. The van der Waals surface area contributed by atoms with Crippen LogP contribution in [-0.4, -0.2) is 35.4 Å². The van der Waals surface area contributed by atoms with Gasteiger partial charge in [-0.2, -0.15) is 5.10 Å². The molecule has 0 saturated heterocycles. The van der Waals surface area contributed by atoms with Gasteiger partial charge in [0.25, 0.3) is 0 Å². The van der Waals surface area contributed by atoms with Crippen LogP contribution in [0.2, 0.25) is 0 Å². The lowest BCUT2D eigenvalue weighted by atomic mass is 10.2. The summed E-state index contributed by atoms with van der Waals surface area (Å²) in [6, 6.07) is 6.65. The molecule has 0 radical (unpaired) electrons. The molecule has 2 N–H and O–H groups in total. The van der Waals surface area contributed by atoms with E-state index in [1.807, 2.05) is 28.3 Å². The third-order valence-electron chi connectivity index (χ3n) is 3.10. The predicted molar refractivity (Wildman–Crippen MR) is 104 cm³/mol. The first-order valence-electron chi connectivity index (χ1n) is 7.17. The smallest absolute Gasteiger partial charge is 0.191 e. The average Bonchev–Trinajstić information content (AvgIpc) is 3.09. The summed E-state index contributed by atoms with van der Waals surface area (Å²) in [5, 5.41) is 10.9. The lowest BCUT2D eigenvalue weighted by molar-refractivity contribution is 0.586. The molecule has 1 atom stereocenters. The standard InChI is InChI=1S/C15H23N5S.HI/c1-12(11-14-6-5-13(2)21-14)19-15(16-3)17-8-10-20-9-4-7-18-20;/h4-7,9,12H,8,10-11H2,1-3H3,(H2,16,17,19);1H. The molecule has 0 aliphatic carbocycles. The number of aryl methyl sites for hydroxylation is 1. The highest BCUT2D eigenvalue weighted by Crippen LogP contribution is 2.16. The third-order valence-corrected chi connectivity index (χ3v) is 4.13. The van der Waals surface area contributed by atoms with E-state index in [9.17, 15) is 0 Å². The van der Waals surface area contributed by atoms with Crippen molar-refractivity contribution in [2.24, 2.45) is 4.99 Å². The van der Waals surface area contributed by atoms with Crippen LogP contribution in [0, 0.1) is 6.92 Å². The van der Waals surface area contributed by atoms with Gasteiger partial charge in [-0.1, -0.05) is 0 Å². The minimum absolute atomic E-state index is 0. The van der Waals surface area contributed by atoms with Crippen molar-refractivity contribution in [3.63, 3.8) is 0 Å². The van der Waals surface area contributed by atoms with Crippen molar-refractivity contribution in [2.75, 3.05) is 13.6 Å². The zero-order chi connectivity index (χ0) is 15.1. The zero-order valence-corrected chi connectivity index (χ0v) is 16.4. The van der Waals surface area contributed by atoms with Gasteiger partial charge in [0.05, 0.1) is 6.54 Å². The van der Waals surface area contributed by atoms with Crippen molar-refractivity contribution in [1.29, 1.82) is 0 Å². The first kappa shape index (κ1) is 19.0. The number of halogens is 1. The molecular formula is C15H24IN5S. The van der Waals surface area contributed by atoms with Gasteiger partial charge in [0.15, 0.2) is 5.96 Å². The van der Waals surface area contributed by atoms with E-state index in [0.717, 1.165) is 25.5 Å². The second kappa shape index (κ2) is 9.83. The Balaban J connectivity index is 0.00000242. The van der Waals surface area contributed by atoms with Crippen molar-refractivity contribution in [2.45, 2.75) is 32.9 Å². The first-order chi connectivity index (χ1) is 10.2. The maximum Gasteiger partial charge on any atom is 0.191 e. The maximum absolute atomic E-state index is 4.26. The quantitative estimate of drug-likeness (QED) is 0.419. The van der Waals surface area contributed by atoms with E-state index in [1.165, 1.54) is 9.75 Å². The van der Waals surface area contributed by atoms with Crippen LogP contribution in [0.1, 0.15) is 16.7 Å². The van der Waals surface area contributed by atoms with Crippen molar-refractivity contribution in [3.05, 3.63) is 40.3 Å². The molecule has 0 amide bonds. The largest absolute Gasteiger partial charge is 0.355 e. The molecular weight excluding hydrogens is 409 g/mol. The Hall–Kier alpha value is -1.09. The third kappa shape index (κ3) is 6.35. The van der Waals surface area contributed by atoms with Gasteiger partial charge < -0.3 is 10.6 Å². The van der Waals surface area contributed by atoms with Crippen LogP contribution in [0.3, 0.4) is 0 Å². The Bertz CT molecular complexity index is 564. The Morgan fingerprint density at radius 1 is 1.45 bits per heavy atom. The molecule has 2 heterocycles. The van der Waals surface area contributed by atoms with Crippen LogP contribution in [0.4, 0.5) is 0 Å². The topological polar surface area (TPSA) is 54.2 Å². The lowest BCUT2D eigenvalue weighted by Crippen LogP contribution is -2.43. The summed E-state index contributed by atoms with van der Waals surface area (Å²) in [5.41, 5.74) is 0. The highest BCUT2D eigenvalue weighted by molar-refractivity contribution is 14.0.